The summed E-state index contributed by atoms with van der Waals surface area (Å²) in [4.78, 5) is 26.4. The number of nitrogens with two attached hydrogens (primary N) is 1. The number of rotatable bonds is 4. The molecule has 0 aliphatic carbocycles. The van der Waals surface area contributed by atoms with E-state index in [1.165, 1.54) is 0 Å². The van der Waals surface area contributed by atoms with E-state index >= 15 is 0 Å². The van der Waals surface area contributed by atoms with Gasteiger partial charge in [-0.15, -0.1) is 0 Å². The number of nitrogens with zero attached hydrogens (tertiary/aromatic N) is 4. The zero-order chi connectivity index (χ0) is 26.5. The molecule has 2 aromatic heterocycles. The molecular weight excluding hydrogens is 498 g/mol. The first kappa shape index (κ1) is 26.2. The largest absolute Gasteiger partial charge is 0.384 e. The van der Waals surface area contributed by atoms with E-state index in [2.05, 4.69) is 33.6 Å². The molecule has 0 radical (unpaired) electrons. The molecule has 2 fully saturated rings. The van der Waals surface area contributed by atoms with Gasteiger partial charge < -0.3 is 15.4 Å². The molecule has 5 rings (SSSR count). The van der Waals surface area contributed by atoms with Crippen molar-refractivity contribution in [2.24, 2.45) is 0 Å². The lowest BCUT2D eigenvalue weighted by Crippen LogP contribution is -2.53. The van der Waals surface area contributed by atoms with Crippen molar-refractivity contribution >= 4 is 23.3 Å². The molecule has 38 heavy (non-hydrogen) atoms. The molecule has 0 bridgehead atoms. The number of benzene rings is 1. The van der Waals surface area contributed by atoms with Gasteiger partial charge in [0.1, 0.15) is 5.82 Å². The molecule has 196 valence electrons. The second kappa shape index (κ2) is 12.0. The van der Waals surface area contributed by atoms with Gasteiger partial charge in [-0.2, -0.15) is 0 Å². The molecule has 4 heterocycles. The summed E-state index contributed by atoms with van der Waals surface area (Å²) in [6.45, 7) is 6.89. The monoisotopic (exact) mass is 529 g/mol. The van der Waals surface area contributed by atoms with Crippen LogP contribution < -0.4 is 5.73 Å². The first-order valence-electron chi connectivity index (χ1n) is 13.2. The van der Waals surface area contributed by atoms with Crippen LogP contribution in [-0.2, 0) is 11.2 Å². The van der Waals surface area contributed by atoms with Crippen LogP contribution in [0.2, 0.25) is 5.02 Å². The number of pyridine rings is 2. The summed E-state index contributed by atoms with van der Waals surface area (Å²) in [5.74, 6) is 6.89. The number of nitrogen functional groups attached to an aromatic ring is 1. The van der Waals surface area contributed by atoms with Crippen LogP contribution in [0.3, 0.4) is 0 Å². The standard InChI is InChI=1S/C30H32ClN5O2/c1-2-28-25(6-3-21-4-8-29(32)34-20-21)24(9-12-33-28)22-5-7-26(27(31)19-22)30(37)36-15-13-35(14-16-36)23-10-17-38-18-11-23/h4-5,7-9,12,19-20,23H,2,10-11,13-18H2,1H3,(H2,32,34). The van der Waals surface area contributed by atoms with Crippen LogP contribution in [0.15, 0.2) is 48.8 Å². The fourth-order valence-corrected chi connectivity index (χ4v) is 5.40. The smallest absolute Gasteiger partial charge is 0.255 e. The van der Waals surface area contributed by atoms with E-state index in [0.29, 0.717) is 35.5 Å². The Bertz CT molecular complexity index is 1350. The Kier molecular flexibility index (Phi) is 8.23. The summed E-state index contributed by atoms with van der Waals surface area (Å²) in [5, 5.41) is 0.441. The fraction of sp³-hybridized carbons (Fsp3) is 0.367. The van der Waals surface area contributed by atoms with Crippen LogP contribution >= 0.6 is 11.6 Å². The average Bonchev–Trinajstić information content (AvgIpc) is 2.97. The summed E-state index contributed by atoms with van der Waals surface area (Å²) in [7, 11) is 0. The van der Waals surface area contributed by atoms with Gasteiger partial charge in [-0.05, 0) is 55.2 Å². The molecule has 0 spiro atoms. The molecule has 0 unspecified atom stereocenters. The summed E-state index contributed by atoms with van der Waals surface area (Å²) in [5.41, 5.74) is 10.6. The third-order valence-corrected chi connectivity index (χ3v) is 7.61. The van der Waals surface area contributed by atoms with Gasteiger partial charge in [-0.1, -0.05) is 36.4 Å². The van der Waals surface area contributed by atoms with Crippen molar-refractivity contribution < 1.29 is 9.53 Å². The molecule has 2 N–H and O–H groups in total. The molecule has 0 atom stereocenters. The number of amides is 1. The number of halogens is 1. The number of ether oxygens (including phenoxy) is 1. The number of aryl methyl sites for hydroxylation is 1. The average molecular weight is 530 g/mol. The molecule has 0 saturated carbocycles. The predicted molar refractivity (Wildman–Crippen MR) is 150 cm³/mol. The minimum Gasteiger partial charge on any atom is -0.384 e. The summed E-state index contributed by atoms with van der Waals surface area (Å²) in [6, 6.07) is 11.7. The Morgan fingerprint density at radius 2 is 1.87 bits per heavy atom. The Balaban J connectivity index is 1.35. The highest BCUT2D eigenvalue weighted by Gasteiger charge is 2.28. The van der Waals surface area contributed by atoms with Crippen LogP contribution in [0.25, 0.3) is 11.1 Å². The Morgan fingerprint density at radius 3 is 2.55 bits per heavy atom. The maximum absolute atomic E-state index is 13.4. The maximum Gasteiger partial charge on any atom is 0.255 e. The van der Waals surface area contributed by atoms with Crippen LogP contribution in [0, 0.1) is 11.8 Å². The third-order valence-electron chi connectivity index (χ3n) is 7.30. The minimum atomic E-state index is -0.0204. The van der Waals surface area contributed by atoms with Crippen molar-refractivity contribution in [3.63, 3.8) is 0 Å². The van der Waals surface area contributed by atoms with E-state index in [0.717, 1.165) is 73.5 Å². The van der Waals surface area contributed by atoms with Crippen molar-refractivity contribution in [3.05, 3.63) is 76.2 Å². The van der Waals surface area contributed by atoms with Gasteiger partial charge in [0.05, 0.1) is 21.8 Å². The van der Waals surface area contributed by atoms with Crippen molar-refractivity contribution in [2.45, 2.75) is 32.2 Å². The number of hydrogen-bond donors (Lipinski definition) is 1. The highest BCUT2D eigenvalue weighted by atomic mass is 35.5. The molecule has 8 heteroatoms. The lowest BCUT2D eigenvalue weighted by Gasteiger charge is -2.40. The van der Waals surface area contributed by atoms with Crippen molar-refractivity contribution in [1.82, 2.24) is 19.8 Å². The summed E-state index contributed by atoms with van der Waals surface area (Å²) >= 11 is 6.71. The lowest BCUT2D eigenvalue weighted by atomic mass is 9.97. The molecule has 3 aromatic rings. The maximum atomic E-state index is 13.4. The van der Waals surface area contributed by atoms with Crippen LogP contribution in [-0.4, -0.2) is 71.1 Å². The number of carbonyl (C=O) groups is 1. The molecule has 2 saturated heterocycles. The SMILES string of the molecule is CCc1nccc(-c2ccc(C(=O)N3CCN(C4CCOCC4)CC3)c(Cl)c2)c1C#Cc1ccc(N)nc1. The van der Waals surface area contributed by atoms with Crippen LogP contribution in [0.5, 0.6) is 0 Å². The minimum absolute atomic E-state index is 0.0204. The van der Waals surface area contributed by atoms with Crippen molar-refractivity contribution in [1.29, 1.82) is 0 Å². The van der Waals surface area contributed by atoms with Gasteiger partial charge in [-0.25, -0.2) is 4.98 Å². The number of hydrogen-bond acceptors (Lipinski definition) is 6. The molecular formula is C30H32ClN5O2. The van der Waals surface area contributed by atoms with Crippen molar-refractivity contribution in [3.8, 4) is 23.0 Å². The molecule has 2 aliphatic rings. The molecule has 1 amide bonds. The van der Waals surface area contributed by atoms with Gasteiger partial charge in [0, 0.05) is 69.0 Å². The van der Waals surface area contributed by atoms with E-state index in [1.54, 1.807) is 18.5 Å². The zero-order valence-corrected chi connectivity index (χ0v) is 22.4. The Morgan fingerprint density at radius 1 is 1.08 bits per heavy atom. The van der Waals surface area contributed by atoms with Gasteiger partial charge in [0.15, 0.2) is 0 Å². The number of aromatic nitrogens is 2. The Labute approximate surface area is 229 Å². The van der Waals surface area contributed by atoms with Gasteiger partial charge in [-0.3, -0.25) is 14.7 Å². The van der Waals surface area contributed by atoms with E-state index < -0.39 is 0 Å². The van der Waals surface area contributed by atoms with Crippen LogP contribution in [0.1, 0.15) is 46.9 Å². The zero-order valence-electron chi connectivity index (χ0n) is 21.6. The fourth-order valence-electron chi connectivity index (χ4n) is 5.13. The normalized spacial score (nSPS) is 16.6. The Hall–Kier alpha value is -3.44. The number of piperazine rings is 1. The quantitative estimate of drug-likeness (QED) is 0.508. The summed E-state index contributed by atoms with van der Waals surface area (Å²) in [6.07, 6.45) is 6.32. The molecule has 1 aromatic carbocycles. The topological polar surface area (TPSA) is 84.6 Å². The lowest BCUT2D eigenvalue weighted by molar-refractivity contribution is 0.0137. The third kappa shape index (κ3) is 5.83. The highest BCUT2D eigenvalue weighted by Crippen LogP contribution is 2.30. The highest BCUT2D eigenvalue weighted by molar-refractivity contribution is 6.34. The number of carbonyl (C=O) groups excluding carboxylic acids is 1. The predicted octanol–water partition coefficient (Wildman–Crippen LogP) is 4.28. The van der Waals surface area contributed by atoms with Gasteiger partial charge >= 0.3 is 0 Å². The molecule has 2 aliphatic heterocycles. The van der Waals surface area contributed by atoms with E-state index in [9.17, 15) is 4.79 Å². The van der Waals surface area contributed by atoms with E-state index in [-0.39, 0.29) is 5.91 Å². The van der Waals surface area contributed by atoms with E-state index in [4.69, 9.17) is 22.1 Å². The number of anilines is 1. The summed E-state index contributed by atoms with van der Waals surface area (Å²) < 4.78 is 5.50. The van der Waals surface area contributed by atoms with Gasteiger partial charge in [0.2, 0.25) is 0 Å². The second-order valence-corrected chi connectivity index (χ2v) is 10.0. The second-order valence-electron chi connectivity index (χ2n) is 9.62. The first-order valence-corrected chi connectivity index (χ1v) is 13.5. The van der Waals surface area contributed by atoms with Crippen LogP contribution in [0.4, 0.5) is 5.82 Å². The van der Waals surface area contributed by atoms with Gasteiger partial charge in [0.25, 0.3) is 5.91 Å². The first-order chi connectivity index (χ1) is 18.5. The van der Waals surface area contributed by atoms with Crippen molar-refractivity contribution in [2.75, 3.05) is 45.1 Å². The van der Waals surface area contributed by atoms with E-state index in [1.807, 2.05) is 35.2 Å². The molecule has 7 nitrogen and oxygen atoms in total.